The van der Waals surface area contributed by atoms with Gasteiger partial charge >= 0.3 is 0 Å². The van der Waals surface area contributed by atoms with Gasteiger partial charge in [0, 0.05) is 5.92 Å². The molecule has 3 rings (SSSR count). The van der Waals surface area contributed by atoms with E-state index in [-0.39, 0.29) is 5.92 Å². The number of hydrogen-bond acceptors (Lipinski definition) is 2. The van der Waals surface area contributed by atoms with Gasteiger partial charge in [-0.1, -0.05) is 61.5 Å². The molecule has 0 aliphatic heterocycles. The van der Waals surface area contributed by atoms with Crippen molar-refractivity contribution in [2.24, 2.45) is 0 Å². The fourth-order valence-corrected chi connectivity index (χ4v) is 3.21. The lowest BCUT2D eigenvalue weighted by Gasteiger charge is -2.26. The molecule has 0 aliphatic rings. The molecule has 3 aromatic rings. The van der Waals surface area contributed by atoms with Gasteiger partial charge in [0.2, 0.25) is 0 Å². The lowest BCUT2D eigenvalue weighted by atomic mass is 9.78. The van der Waals surface area contributed by atoms with Crippen LogP contribution in [0.1, 0.15) is 35.4 Å². The Labute approximate surface area is 143 Å². The summed E-state index contributed by atoms with van der Waals surface area (Å²) in [6.07, 6.45) is 0. The average molecular weight is 318 g/mol. The van der Waals surface area contributed by atoms with E-state index in [1.165, 1.54) is 16.7 Å². The van der Waals surface area contributed by atoms with E-state index >= 15 is 0 Å². The lowest BCUT2D eigenvalue weighted by molar-refractivity contribution is 0.414. The highest BCUT2D eigenvalue weighted by molar-refractivity contribution is 5.41. The smallest absolute Gasteiger partial charge is 0.118 e. The normalized spacial score (nSPS) is 13.2. The summed E-state index contributed by atoms with van der Waals surface area (Å²) < 4.78 is 5.28. The van der Waals surface area contributed by atoms with E-state index < -0.39 is 0 Å². The third-order valence-electron chi connectivity index (χ3n) is 4.55. The van der Waals surface area contributed by atoms with Crippen LogP contribution in [0.15, 0.2) is 78.9 Å². The number of phenolic OH excluding ortho intramolecular Hbond substituents is 1. The van der Waals surface area contributed by atoms with Crippen LogP contribution in [0.4, 0.5) is 0 Å². The quantitative estimate of drug-likeness (QED) is 0.688. The first-order chi connectivity index (χ1) is 11.7. The van der Waals surface area contributed by atoms with Crippen molar-refractivity contribution in [2.75, 3.05) is 7.11 Å². The first-order valence-corrected chi connectivity index (χ1v) is 8.17. The SMILES string of the molecule is COc1ccc(C(c2ccc(O)cc2)C(C)c2ccccc2)cc1. The van der Waals surface area contributed by atoms with Crippen LogP contribution in [0.5, 0.6) is 11.5 Å². The van der Waals surface area contributed by atoms with Crippen molar-refractivity contribution < 1.29 is 9.84 Å². The first-order valence-electron chi connectivity index (χ1n) is 8.17. The molecule has 0 bridgehead atoms. The van der Waals surface area contributed by atoms with Gasteiger partial charge in [-0.25, -0.2) is 0 Å². The number of aromatic hydroxyl groups is 1. The van der Waals surface area contributed by atoms with Gasteiger partial charge in [0.15, 0.2) is 0 Å². The van der Waals surface area contributed by atoms with Gasteiger partial charge in [-0.2, -0.15) is 0 Å². The molecular weight excluding hydrogens is 296 g/mol. The van der Waals surface area contributed by atoms with E-state index in [2.05, 4.69) is 43.3 Å². The fourth-order valence-electron chi connectivity index (χ4n) is 3.21. The Balaban J connectivity index is 2.04. The van der Waals surface area contributed by atoms with Crippen LogP contribution in [0.2, 0.25) is 0 Å². The van der Waals surface area contributed by atoms with Gasteiger partial charge in [0.25, 0.3) is 0 Å². The second-order valence-electron chi connectivity index (χ2n) is 6.04. The molecule has 2 nitrogen and oxygen atoms in total. The zero-order valence-electron chi connectivity index (χ0n) is 14.0. The number of ether oxygens (including phenoxy) is 1. The van der Waals surface area contributed by atoms with Crippen molar-refractivity contribution >= 4 is 0 Å². The van der Waals surface area contributed by atoms with Gasteiger partial charge in [0.1, 0.15) is 11.5 Å². The molecule has 0 heterocycles. The van der Waals surface area contributed by atoms with E-state index in [1.54, 1.807) is 19.2 Å². The monoisotopic (exact) mass is 318 g/mol. The molecule has 0 fully saturated rings. The standard InChI is InChI=1S/C22H22O2/c1-16(17-6-4-3-5-7-17)22(18-8-12-20(23)13-9-18)19-10-14-21(24-2)15-11-19/h3-16,22-23H,1-2H3. The molecule has 1 N–H and O–H groups in total. The summed E-state index contributed by atoms with van der Waals surface area (Å²) in [5.41, 5.74) is 3.72. The zero-order chi connectivity index (χ0) is 16.9. The van der Waals surface area contributed by atoms with Crippen LogP contribution in [0, 0.1) is 0 Å². The van der Waals surface area contributed by atoms with Crippen molar-refractivity contribution in [3.63, 3.8) is 0 Å². The van der Waals surface area contributed by atoms with E-state index in [1.807, 2.05) is 30.3 Å². The summed E-state index contributed by atoms with van der Waals surface area (Å²) in [7, 11) is 1.68. The Kier molecular flexibility index (Phi) is 4.85. The molecule has 122 valence electrons. The fraction of sp³-hybridized carbons (Fsp3) is 0.182. The molecule has 2 unspecified atom stereocenters. The van der Waals surface area contributed by atoms with Gasteiger partial charge < -0.3 is 9.84 Å². The number of rotatable bonds is 5. The molecule has 2 heteroatoms. The molecular formula is C22H22O2. The summed E-state index contributed by atoms with van der Waals surface area (Å²) in [6.45, 7) is 2.25. The number of hydrogen-bond donors (Lipinski definition) is 1. The molecule has 0 saturated heterocycles. The summed E-state index contributed by atoms with van der Waals surface area (Å²) in [6, 6.07) is 26.3. The molecule has 0 aliphatic carbocycles. The van der Waals surface area contributed by atoms with E-state index in [4.69, 9.17) is 4.74 Å². The largest absolute Gasteiger partial charge is 0.508 e. The van der Waals surface area contributed by atoms with Gasteiger partial charge in [-0.15, -0.1) is 0 Å². The summed E-state index contributed by atoms with van der Waals surface area (Å²) in [5, 5.41) is 9.62. The second kappa shape index (κ2) is 7.22. The Morgan fingerprint density at radius 1 is 0.708 bits per heavy atom. The third kappa shape index (κ3) is 3.43. The molecule has 0 saturated carbocycles. The van der Waals surface area contributed by atoms with Gasteiger partial charge in [-0.05, 0) is 46.9 Å². The summed E-state index contributed by atoms with van der Waals surface area (Å²) in [5.74, 6) is 1.67. The van der Waals surface area contributed by atoms with E-state index in [0.717, 1.165) is 5.75 Å². The molecule has 24 heavy (non-hydrogen) atoms. The van der Waals surface area contributed by atoms with Crippen LogP contribution in [0.25, 0.3) is 0 Å². The maximum Gasteiger partial charge on any atom is 0.118 e. The Morgan fingerprint density at radius 2 is 1.25 bits per heavy atom. The minimum Gasteiger partial charge on any atom is -0.508 e. The summed E-state index contributed by atoms with van der Waals surface area (Å²) in [4.78, 5) is 0. The van der Waals surface area contributed by atoms with Crippen LogP contribution in [0.3, 0.4) is 0 Å². The predicted octanol–water partition coefficient (Wildman–Crippen LogP) is 5.34. The number of benzene rings is 3. The minimum absolute atomic E-state index is 0.207. The highest BCUT2D eigenvalue weighted by Gasteiger charge is 2.23. The van der Waals surface area contributed by atoms with Gasteiger partial charge in [0.05, 0.1) is 7.11 Å². The van der Waals surface area contributed by atoms with Crippen molar-refractivity contribution in [1.82, 2.24) is 0 Å². The number of phenols is 1. The Morgan fingerprint density at radius 3 is 1.79 bits per heavy atom. The van der Waals surface area contributed by atoms with Crippen molar-refractivity contribution in [3.05, 3.63) is 95.6 Å². The minimum atomic E-state index is 0.207. The molecule has 2 atom stereocenters. The highest BCUT2D eigenvalue weighted by Crippen LogP contribution is 2.39. The Bertz CT molecular complexity index is 761. The zero-order valence-corrected chi connectivity index (χ0v) is 14.0. The maximum absolute atomic E-state index is 9.62. The van der Waals surface area contributed by atoms with E-state index in [9.17, 15) is 5.11 Å². The molecule has 3 aromatic carbocycles. The van der Waals surface area contributed by atoms with Crippen molar-refractivity contribution in [3.8, 4) is 11.5 Å². The molecule has 0 radical (unpaired) electrons. The van der Waals surface area contributed by atoms with Crippen LogP contribution >= 0.6 is 0 Å². The van der Waals surface area contributed by atoms with Crippen LogP contribution < -0.4 is 4.74 Å². The van der Waals surface area contributed by atoms with Crippen molar-refractivity contribution in [1.29, 1.82) is 0 Å². The van der Waals surface area contributed by atoms with E-state index in [0.29, 0.717) is 11.7 Å². The second-order valence-corrected chi connectivity index (χ2v) is 6.04. The lowest BCUT2D eigenvalue weighted by Crippen LogP contribution is -2.10. The van der Waals surface area contributed by atoms with Crippen molar-refractivity contribution in [2.45, 2.75) is 18.8 Å². The first kappa shape index (κ1) is 16.1. The van der Waals surface area contributed by atoms with Crippen LogP contribution in [-0.4, -0.2) is 12.2 Å². The highest BCUT2D eigenvalue weighted by atomic mass is 16.5. The Hall–Kier alpha value is -2.74. The van der Waals surface area contributed by atoms with Gasteiger partial charge in [-0.3, -0.25) is 0 Å². The average Bonchev–Trinajstić information content (AvgIpc) is 2.64. The summed E-state index contributed by atoms with van der Waals surface area (Å²) >= 11 is 0. The third-order valence-corrected chi connectivity index (χ3v) is 4.55. The molecule has 0 amide bonds. The predicted molar refractivity (Wildman–Crippen MR) is 97.8 cm³/mol. The number of methoxy groups -OCH3 is 1. The maximum atomic E-state index is 9.62. The molecule has 0 aromatic heterocycles. The molecule has 0 spiro atoms. The van der Waals surface area contributed by atoms with Crippen LogP contribution in [-0.2, 0) is 0 Å². The topological polar surface area (TPSA) is 29.5 Å².